The van der Waals surface area contributed by atoms with E-state index in [4.69, 9.17) is 9.84 Å². The second kappa shape index (κ2) is 5.67. The highest BCUT2D eigenvalue weighted by atomic mass is 16.6. The van der Waals surface area contributed by atoms with Gasteiger partial charge >= 0.3 is 6.09 Å². The van der Waals surface area contributed by atoms with Crippen LogP contribution in [0.15, 0.2) is 0 Å². The minimum Gasteiger partial charge on any atom is -0.444 e. The molecule has 19 heavy (non-hydrogen) atoms. The summed E-state index contributed by atoms with van der Waals surface area (Å²) >= 11 is 0. The second-order valence-corrected chi connectivity index (χ2v) is 6.85. The van der Waals surface area contributed by atoms with E-state index in [9.17, 15) is 4.79 Å². The third kappa shape index (κ3) is 4.08. The maximum Gasteiger partial charge on any atom is 0.410 e. The monoisotopic (exact) mass is 270 g/mol. The highest BCUT2D eigenvalue weighted by Gasteiger charge is 2.36. The highest BCUT2D eigenvalue weighted by molar-refractivity contribution is 5.69. The lowest BCUT2D eigenvalue weighted by Gasteiger charge is -2.46. The molecule has 2 heterocycles. The molecule has 0 saturated carbocycles. The van der Waals surface area contributed by atoms with Gasteiger partial charge < -0.3 is 19.6 Å². The maximum absolute atomic E-state index is 11.8. The van der Waals surface area contributed by atoms with Gasteiger partial charge in [0, 0.05) is 45.2 Å². The van der Waals surface area contributed by atoms with Crippen LogP contribution in [0.1, 0.15) is 27.2 Å². The van der Waals surface area contributed by atoms with E-state index in [1.54, 1.807) is 4.90 Å². The minimum atomic E-state index is -0.406. The van der Waals surface area contributed by atoms with Gasteiger partial charge in [-0.2, -0.15) is 0 Å². The molecule has 1 N–H and O–H groups in total. The molecule has 2 rings (SSSR count). The average Bonchev–Trinajstić information content (AvgIpc) is 2.14. The second-order valence-electron chi connectivity index (χ2n) is 6.85. The van der Waals surface area contributed by atoms with Crippen LogP contribution >= 0.6 is 0 Å². The molecule has 0 radical (unpaired) electrons. The first-order valence-electron chi connectivity index (χ1n) is 7.18. The van der Waals surface area contributed by atoms with Crippen LogP contribution in [-0.4, -0.2) is 65.9 Å². The minimum absolute atomic E-state index is 0.189. The molecule has 0 aliphatic carbocycles. The van der Waals surface area contributed by atoms with Crippen molar-refractivity contribution in [2.45, 2.75) is 32.8 Å². The van der Waals surface area contributed by atoms with E-state index in [2.05, 4.69) is 4.90 Å². The fourth-order valence-corrected chi connectivity index (χ4v) is 2.72. The fourth-order valence-electron chi connectivity index (χ4n) is 2.72. The van der Waals surface area contributed by atoms with E-state index in [0.717, 1.165) is 39.1 Å². The third-order valence-corrected chi connectivity index (χ3v) is 3.70. The molecule has 0 aromatic rings. The number of hydrogen-bond acceptors (Lipinski definition) is 4. The van der Waals surface area contributed by atoms with Crippen molar-refractivity contribution in [1.29, 1.82) is 0 Å². The van der Waals surface area contributed by atoms with Crippen LogP contribution in [-0.2, 0) is 4.74 Å². The van der Waals surface area contributed by atoms with Gasteiger partial charge in [0.25, 0.3) is 0 Å². The lowest BCUT2D eigenvalue weighted by Crippen LogP contribution is -2.58. The quantitative estimate of drug-likeness (QED) is 0.833. The summed E-state index contributed by atoms with van der Waals surface area (Å²) in [4.78, 5) is 15.9. The molecule has 0 spiro atoms. The average molecular weight is 270 g/mol. The van der Waals surface area contributed by atoms with Crippen LogP contribution in [0.25, 0.3) is 0 Å². The molecule has 0 unspecified atom stereocenters. The summed E-state index contributed by atoms with van der Waals surface area (Å²) in [6, 6.07) is 0. The van der Waals surface area contributed by atoms with E-state index in [1.807, 2.05) is 20.8 Å². The number of likely N-dealkylation sites (tertiary alicyclic amines) is 2. The van der Waals surface area contributed by atoms with Crippen molar-refractivity contribution in [2.24, 2.45) is 11.8 Å². The zero-order valence-electron chi connectivity index (χ0n) is 12.3. The number of ether oxygens (including phenoxy) is 1. The Balaban J connectivity index is 1.58. The Morgan fingerprint density at radius 2 is 1.84 bits per heavy atom. The van der Waals surface area contributed by atoms with E-state index in [-0.39, 0.29) is 6.09 Å². The predicted molar refractivity (Wildman–Crippen MR) is 72.9 cm³/mol. The van der Waals surface area contributed by atoms with Gasteiger partial charge in [-0.05, 0) is 33.1 Å². The van der Waals surface area contributed by atoms with Gasteiger partial charge in [0.2, 0.25) is 0 Å². The number of amides is 1. The summed E-state index contributed by atoms with van der Waals surface area (Å²) in [5.74, 6) is 1.26. The van der Waals surface area contributed by atoms with Crippen LogP contribution in [0, 0.1) is 11.8 Å². The number of aliphatic hydroxyl groups is 1. The first kappa shape index (κ1) is 14.6. The van der Waals surface area contributed by atoms with Gasteiger partial charge in [0.05, 0.1) is 0 Å². The molecule has 2 fully saturated rings. The number of aliphatic hydroxyl groups excluding tert-OH is 1. The van der Waals surface area contributed by atoms with Gasteiger partial charge in [-0.3, -0.25) is 0 Å². The maximum atomic E-state index is 11.8. The van der Waals surface area contributed by atoms with Crippen LogP contribution in [0.2, 0.25) is 0 Å². The molecule has 0 atom stereocenters. The Kier molecular flexibility index (Phi) is 4.36. The number of rotatable bonds is 4. The Bertz CT molecular complexity index is 315. The van der Waals surface area contributed by atoms with Gasteiger partial charge in [-0.25, -0.2) is 4.79 Å². The predicted octanol–water partition coefficient (Wildman–Crippen LogP) is 1.17. The highest BCUT2D eigenvalue weighted by Crippen LogP contribution is 2.25. The molecule has 5 nitrogen and oxygen atoms in total. The van der Waals surface area contributed by atoms with Crippen molar-refractivity contribution < 1.29 is 14.6 Å². The van der Waals surface area contributed by atoms with Crippen molar-refractivity contribution >= 4 is 6.09 Å². The number of carbonyl (C=O) groups excluding carboxylic acids is 1. The Labute approximate surface area is 115 Å². The first-order chi connectivity index (χ1) is 8.87. The SMILES string of the molecule is CC(C)(C)OC(=O)N1CC(CN2CC(CCO)C2)C1. The molecule has 2 saturated heterocycles. The van der Waals surface area contributed by atoms with Gasteiger partial charge in [-0.15, -0.1) is 0 Å². The van der Waals surface area contributed by atoms with Crippen molar-refractivity contribution in [3.8, 4) is 0 Å². The lowest BCUT2D eigenvalue weighted by molar-refractivity contribution is -0.0174. The summed E-state index contributed by atoms with van der Waals surface area (Å²) in [6.07, 6.45) is 0.732. The van der Waals surface area contributed by atoms with Crippen LogP contribution in [0.4, 0.5) is 4.79 Å². The molecule has 1 amide bonds. The molecular weight excluding hydrogens is 244 g/mol. The lowest BCUT2D eigenvalue weighted by atomic mass is 9.92. The van der Waals surface area contributed by atoms with Crippen molar-refractivity contribution in [3.05, 3.63) is 0 Å². The summed E-state index contributed by atoms with van der Waals surface area (Å²) < 4.78 is 5.33. The Hall–Kier alpha value is -0.810. The Morgan fingerprint density at radius 1 is 1.21 bits per heavy atom. The van der Waals surface area contributed by atoms with Crippen LogP contribution in [0.5, 0.6) is 0 Å². The van der Waals surface area contributed by atoms with E-state index >= 15 is 0 Å². The zero-order chi connectivity index (χ0) is 14.0. The summed E-state index contributed by atoms with van der Waals surface area (Å²) in [7, 11) is 0. The fraction of sp³-hybridized carbons (Fsp3) is 0.929. The summed E-state index contributed by atoms with van der Waals surface area (Å²) in [5.41, 5.74) is -0.406. The smallest absolute Gasteiger partial charge is 0.410 e. The number of nitrogens with zero attached hydrogens (tertiary/aromatic N) is 2. The van der Waals surface area contributed by atoms with E-state index < -0.39 is 5.60 Å². The topological polar surface area (TPSA) is 53.0 Å². The van der Waals surface area contributed by atoms with E-state index in [0.29, 0.717) is 18.4 Å². The zero-order valence-corrected chi connectivity index (χ0v) is 12.3. The molecule has 5 heteroatoms. The molecular formula is C14H26N2O3. The largest absolute Gasteiger partial charge is 0.444 e. The van der Waals surface area contributed by atoms with Crippen molar-refractivity contribution in [1.82, 2.24) is 9.80 Å². The summed E-state index contributed by atoms with van der Waals surface area (Å²) in [5, 5.41) is 8.84. The van der Waals surface area contributed by atoms with Crippen LogP contribution < -0.4 is 0 Å². The molecule has 0 bridgehead atoms. The van der Waals surface area contributed by atoms with Crippen molar-refractivity contribution in [2.75, 3.05) is 39.3 Å². The normalized spacial score (nSPS) is 22.0. The number of hydrogen-bond donors (Lipinski definition) is 1. The van der Waals surface area contributed by atoms with Crippen LogP contribution in [0.3, 0.4) is 0 Å². The molecule has 2 aliphatic rings. The molecule has 0 aromatic heterocycles. The molecule has 110 valence electrons. The summed E-state index contributed by atoms with van der Waals surface area (Å²) in [6.45, 7) is 10.9. The van der Waals surface area contributed by atoms with Gasteiger partial charge in [-0.1, -0.05) is 0 Å². The molecule has 0 aromatic carbocycles. The Morgan fingerprint density at radius 3 is 2.37 bits per heavy atom. The first-order valence-corrected chi connectivity index (χ1v) is 7.18. The van der Waals surface area contributed by atoms with Crippen molar-refractivity contribution in [3.63, 3.8) is 0 Å². The van der Waals surface area contributed by atoms with E-state index in [1.165, 1.54) is 0 Å². The third-order valence-electron chi connectivity index (χ3n) is 3.70. The van der Waals surface area contributed by atoms with Gasteiger partial charge in [0.1, 0.15) is 5.60 Å². The standard InChI is InChI=1S/C14H26N2O3/c1-14(2,3)19-13(18)16-9-12(10-16)8-15-6-11(7-15)4-5-17/h11-12,17H,4-10H2,1-3H3. The molecule has 2 aliphatic heterocycles. The number of carbonyl (C=O) groups is 1. The van der Waals surface area contributed by atoms with Gasteiger partial charge in [0.15, 0.2) is 0 Å².